The highest BCUT2D eigenvalue weighted by molar-refractivity contribution is 7.89. The van der Waals surface area contributed by atoms with Crippen molar-refractivity contribution >= 4 is 22.0 Å². The number of primary sulfonamides is 1. The van der Waals surface area contributed by atoms with Crippen LogP contribution < -0.4 is 27.6 Å². The Morgan fingerprint density at radius 2 is 1.62 bits per heavy atom. The summed E-state index contributed by atoms with van der Waals surface area (Å²) in [7, 11) is -3.93. The smallest absolute Gasteiger partial charge is 0.356 e. The second-order valence-corrected chi connectivity index (χ2v) is 15.7. The van der Waals surface area contributed by atoms with Crippen molar-refractivity contribution in [2.75, 3.05) is 6.54 Å². The molecule has 0 bridgehead atoms. The number of nitrogens with zero attached hydrogens (tertiary/aromatic N) is 5. The van der Waals surface area contributed by atoms with Crippen LogP contribution in [0.15, 0.2) is 76.6 Å². The van der Waals surface area contributed by atoms with Crippen LogP contribution in [0.5, 0.6) is 0 Å². The van der Waals surface area contributed by atoms with E-state index in [4.69, 9.17) is 5.14 Å². The molecule has 0 saturated heterocycles. The van der Waals surface area contributed by atoms with Crippen molar-refractivity contribution in [3.05, 3.63) is 116 Å². The van der Waals surface area contributed by atoms with Gasteiger partial charge in [-0.3, -0.25) is 9.36 Å². The van der Waals surface area contributed by atoms with Crippen molar-refractivity contribution in [3.8, 4) is 28.8 Å². The number of carbonyl (C=O) groups excluding carboxylic acids is 2. The Labute approximate surface area is 333 Å². The van der Waals surface area contributed by atoms with E-state index in [0.29, 0.717) is 54.6 Å². The molecule has 306 valence electrons. The average molecular weight is 820 g/mol. The Morgan fingerprint density at radius 3 is 2.24 bits per heavy atom. The SMILES string of the molecule is Cc1c(CCNC(=O)C2CCC(NC(=O)n3c(-c4ccnn4-c4ccc(C#N)cc4)c(C)n(-c4cccc(C(F)(F)F)c4)c3=O)CC2)cc(S(N)(=O)=O)c(C)c1C.N. The van der Waals surface area contributed by atoms with Crippen LogP contribution in [-0.4, -0.2) is 51.9 Å². The lowest BCUT2D eigenvalue weighted by Crippen LogP contribution is -2.45. The fourth-order valence-corrected chi connectivity index (χ4v) is 8.31. The highest BCUT2D eigenvalue weighted by Gasteiger charge is 2.33. The summed E-state index contributed by atoms with van der Waals surface area (Å²) < 4.78 is 68.9. The molecule has 1 saturated carbocycles. The van der Waals surface area contributed by atoms with Crippen LogP contribution >= 0.6 is 0 Å². The van der Waals surface area contributed by atoms with Crippen LogP contribution in [0.1, 0.15) is 64.8 Å². The number of hydrogen-bond acceptors (Lipinski definition) is 8. The fraction of sp³-hybridized carbons (Fsp3) is 0.325. The lowest BCUT2D eigenvalue weighted by atomic mass is 9.85. The molecular formula is C40H44F3N9O5S. The lowest BCUT2D eigenvalue weighted by molar-refractivity contribution is -0.137. The van der Waals surface area contributed by atoms with Crippen LogP contribution in [0.2, 0.25) is 0 Å². The minimum absolute atomic E-state index is 0. The van der Waals surface area contributed by atoms with E-state index in [0.717, 1.165) is 38.0 Å². The van der Waals surface area contributed by atoms with Gasteiger partial charge in [-0.15, -0.1) is 0 Å². The maximum Gasteiger partial charge on any atom is 0.416 e. The number of benzene rings is 3. The minimum atomic E-state index is -4.68. The number of sulfonamides is 1. The molecule has 0 atom stereocenters. The molecule has 3 aromatic carbocycles. The molecule has 7 N–H and O–H groups in total. The van der Waals surface area contributed by atoms with E-state index in [-0.39, 0.29) is 46.5 Å². The highest BCUT2D eigenvalue weighted by atomic mass is 32.2. The molecule has 0 aliphatic heterocycles. The van der Waals surface area contributed by atoms with Gasteiger partial charge < -0.3 is 16.8 Å². The zero-order chi connectivity index (χ0) is 41.4. The Bertz CT molecular complexity index is 2580. The van der Waals surface area contributed by atoms with Gasteiger partial charge in [0, 0.05) is 18.5 Å². The number of halogens is 3. The van der Waals surface area contributed by atoms with E-state index in [2.05, 4.69) is 15.7 Å². The van der Waals surface area contributed by atoms with Crippen LogP contribution in [-0.2, 0) is 27.4 Å². The van der Waals surface area contributed by atoms with E-state index in [1.165, 1.54) is 29.9 Å². The van der Waals surface area contributed by atoms with E-state index in [9.17, 15) is 41.2 Å². The molecule has 5 aromatic rings. The van der Waals surface area contributed by atoms with E-state index < -0.39 is 39.5 Å². The molecule has 6 rings (SSSR count). The molecule has 2 heterocycles. The molecule has 2 amide bonds. The molecule has 1 fully saturated rings. The average Bonchev–Trinajstić information content (AvgIpc) is 3.75. The van der Waals surface area contributed by atoms with Gasteiger partial charge in [0.1, 0.15) is 5.69 Å². The van der Waals surface area contributed by atoms with Gasteiger partial charge in [-0.05, 0) is 137 Å². The van der Waals surface area contributed by atoms with Crippen molar-refractivity contribution in [2.45, 2.75) is 76.9 Å². The van der Waals surface area contributed by atoms with Crippen molar-refractivity contribution in [2.24, 2.45) is 11.1 Å². The summed E-state index contributed by atoms with van der Waals surface area (Å²) >= 11 is 0. The predicted molar refractivity (Wildman–Crippen MR) is 210 cm³/mol. The number of nitrogens with one attached hydrogen (secondary N) is 2. The summed E-state index contributed by atoms with van der Waals surface area (Å²) in [6.07, 6.45) is -1.12. The van der Waals surface area contributed by atoms with Gasteiger partial charge in [0.2, 0.25) is 15.9 Å². The van der Waals surface area contributed by atoms with Crippen LogP contribution in [0, 0.1) is 44.9 Å². The van der Waals surface area contributed by atoms with Gasteiger partial charge >= 0.3 is 17.9 Å². The highest BCUT2D eigenvalue weighted by Crippen LogP contribution is 2.33. The first-order chi connectivity index (χ1) is 26.9. The maximum absolute atomic E-state index is 14.2. The summed E-state index contributed by atoms with van der Waals surface area (Å²) in [6.45, 7) is 7.23. The molecule has 1 aliphatic carbocycles. The van der Waals surface area contributed by atoms with Gasteiger partial charge in [0.05, 0.1) is 51.1 Å². The number of aromatic nitrogens is 4. The Balaban J connectivity index is 0.00000641. The molecule has 1 aliphatic rings. The third kappa shape index (κ3) is 8.61. The second-order valence-electron chi connectivity index (χ2n) is 14.2. The van der Waals surface area contributed by atoms with Gasteiger partial charge in [-0.25, -0.2) is 32.4 Å². The maximum atomic E-state index is 14.2. The van der Waals surface area contributed by atoms with E-state index >= 15 is 0 Å². The molecule has 0 spiro atoms. The first-order valence-electron chi connectivity index (χ1n) is 18.2. The van der Waals surface area contributed by atoms with Crippen LogP contribution in [0.25, 0.3) is 22.8 Å². The van der Waals surface area contributed by atoms with Gasteiger partial charge in [-0.2, -0.15) is 23.5 Å². The molecule has 2 aromatic heterocycles. The third-order valence-electron chi connectivity index (χ3n) is 10.8. The Morgan fingerprint density at radius 1 is 0.948 bits per heavy atom. The monoisotopic (exact) mass is 819 g/mol. The Kier molecular flexibility index (Phi) is 12.5. The van der Waals surface area contributed by atoms with Crippen molar-refractivity contribution in [1.82, 2.24) is 35.7 Å². The zero-order valence-corrected chi connectivity index (χ0v) is 33.2. The lowest BCUT2D eigenvalue weighted by Gasteiger charge is -2.28. The Hall–Kier alpha value is -6.03. The standard InChI is InChI=1S/C40H41F3N8O5S.H3N/c1-23-24(2)29(20-35(25(23)3)57(45,55)56)16-18-46-37(52)28-10-12-31(13-11-28)48-38(53)50-36(34-17-19-47-51(34)32-14-8-27(22-44)9-15-32)26(4)49(39(50)54)33-7-5-6-30(21-33)40(41,42)43;/h5-9,14-15,17,19-21,28,31H,10-13,16,18H2,1-4H3,(H,46,52)(H,48,53)(H2,45,55,56);1H3. The zero-order valence-electron chi connectivity index (χ0n) is 32.4. The second kappa shape index (κ2) is 16.8. The molecule has 18 heteroatoms. The van der Waals surface area contributed by atoms with Crippen LogP contribution in [0.3, 0.4) is 0 Å². The largest absolute Gasteiger partial charge is 0.416 e. The summed E-state index contributed by atoms with van der Waals surface area (Å²) in [5.41, 5.74) is 2.63. The summed E-state index contributed by atoms with van der Waals surface area (Å²) in [5.74, 6) is -0.514. The summed E-state index contributed by atoms with van der Waals surface area (Å²) in [5, 5.41) is 24.9. The number of nitriles is 1. The predicted octanol–water partition coefficient (Wildman–Crippen LogP) is 5.90. The molecule has 58 heavy (non-hydrogen) atoms. The van der Waals surface area contributed by atoms with Crippen molar-refractivity contribution < 1.29 is 31.2 Å². The first-order valence-corrected chi connectivity index (χ1v) is 19.7. The summed E-state index contributed by atoms with van der Waals surface area (Å²) in [6, 6.07) is 14.7. The first kappa shape index (κ1) is 43.1. The van der Waals surface area contributed by atoms with Crippen molar-refractivity contribution in [3.63, 3.8) is 0 Å². The van der Waals surface area contributed by atoms with Gasteiger partial charge in [0.15, 0.2) is 0 Å². The normalized spacial score (nSPS) is 15.6. The van der Waals surface area contributed by atoms with Gasteiger partial charge in [-0.1, -0.05) is 6.07 Å². The summed E-state index contributed by atoms with van der Waals surface area (Å²) in [4.78, 5) is 41.5. The number of carbonyl (C=O) groups is 2. The quantitative estimate of drug-likeness (QED) is 0.140. The number of amides is 2. The topological polar surface area (TPSA) is 222 Å². The molecule has 0 unspecified atom stereocenters. The van der Waals surface area contributed by atoms with Gasteiger partial charge in [0.25, 0.3) is 0 Å². The molecule has 0 radical (unpaired) electrons. The van der Waals surface area contributed by atoms with E-state index in [1.54, 1.807) is 43.3 Å². The van der Waals surface area contributed by atoms with Crippen LogP contribution in [0.4, 0.5) is 18.0 Å². The van der Waals surface area contributed by atoms with E-state index in [1.807, 2.05) is 19.9 Å². The minimum Gasteiger partial charge on any atom is -0.356 e. The molecule has 14 nitrogen and oxygen atoms in total. The molecular weight excluding hydrogens is 776 g/mol. The fourth-order valence-electron chi connectivity index (χ4n) is 7.43. The number of hydrogen-bond donors (Lipinski definition) is 4. The van der Waals surface area contributed by atoms with Crippen molar-refractivity contribution in [1.29, 1.82) is 5.26 Å². The third-order valence-corrected chi connectivity index (χ3v) is 11.8. The number of imidazole rings is 1. The number of rotatable bonds is 9. The number of nitrogens with two attached hydrogens (primary N) is 1. The number of alkyl halides is 3.